The van der Waals surface area contributed by atoms with Gasteiger partial charge in [-0.3, -0.25) is 9.59 Å². The van der Waals surface area contributed by atoms with Gasteiger partial charge < -0.3 is 10.2 Å². The predicted octanol–water partition coefficient (Wildman–Crippen LogP) is 3.49. The largest absolute Gasteiger partial charge is 0.339 e. The molecule has 0 radical (unpaired) electrons. The van der Waals surface area contributed by atoms with E-state index >= 15 is 0 Å². The number of halogens is 1. The van der Waals surface area contributed by atoms with Crippen molar-refractivity contribution in [3.8, 4) is 0 Å². The molecule has 4 nitrogen and oxygen atoms in total. The zero-order chi connectivity index (χ0) is 17.5. The number of nitrogens with zero attached hydrogens (tertiary/aromatic N) is 1. The molecular formula is C19H21FN2O2. The van der Waals surface area contributed by atoms with Crippen LogP contribution in [0.3, 0.4) is 0 Å². The van der Waals surface area contributed by atoms with Crippen LogP contribution in [0.2, 0.25) is 0 Å². The number of hydrogen-bond acceptors (Lipinski definition) is 2. The van der Waals surface area contributed by atoms with Gasteiger partial charge in [0.25, 0.3) is 5.91 Å². The Bertz CT molecular complexity index is 727. The van der Waals surface area contributed by atoms with E-state index in [1.807, 2.05) is 13.8 Å². The van der Waals surface area contributed by atoms with Gasteiger partial charge in [-0.1, -0.05) is 24.3 Å². The fourth-order valence-corrected chi connectivity index (χ4v) is 2.44. The van der Waals surface area contributed by atoms with Crippen LogP contribution in [0, 0.1) is 5.82 Å². The predicted molar refractivity (Wildman–Crippen MR) is 92.4 cm³/mol. The summed E-state index contributed by atoms with van der Waals surface area (Å²) in [6, 6.07) is 13.0. The van der Waals surface area contributed by atoms with Crippen LogP contribution >= 0.6 is 0 Å². The number of rotatable bonds is 6. The molecular weight excluding hydrogens is 307 g/mol. The molecule has 0 saturated heterocycles. The second-order valence-corrected chi connectivity index (χ2v) is 5.37. The highest BCUT2D eigenvalue weighted by Gasteiger charge is 2.13. The summed E-state index contributed by atoms with van der Waals surface area (Å²) in [5.74, 6) is -0.809. The summed E-state index contributed by atoms with van der Waals surface area (Å²) >= 11 is 0. The van der Waals surface area contributed by atoms with Crippen molar-refractivity contribution >= 4 is 17.5 Å². The van der Waals surface area contributed by atoms with Crippen molar-refractivity contribution in [2.24, 2.45) is 0 Å². The van der Waals surface area contributed by atoms with Crippen molar-refractivity contribution in [2.75, 3.05) is 18.4 Å². The zero-order valence-electron chi connectivity index (χ0n) is 13.9. The van der Waals surface area contributed by atoms with Crippen molar-refractivity contribution in [3.05, 3.63) is 65.5 Å². The Morgan fingerprint density at radius 1 is 1.04 bits per heavy atom. The van der Waals surface area contributed by atoms with Gasteiger partial charge in [0.05, 0.1) is 6.42 Å². The summed E-state index contributed by atoms with van der Waals surface area (Å²) < 4.78 is 13.6. The molecule has 0 aliphatic heterocycles. The normalized spacial score (nSPS) is 10.3. The van der Waals surface area contributed by atoms with Crippen LogP contribution in [0.1, 0.15) is 29.8 Å². The average Bonchev–Trinajstić information content (AvgIpc) is 2.58. The lowest BCUT2D eigenvalue weighted by molar-refractivity contribution is -0.115. The standard InChI is InChI=1S/C19H21FN2O2/c1-3-22(4-2)19(24)15-9-7-10-16(12-15)21-18(23)13-14-8-5-6-11-17(14)20/h5-12H,3-4,13H2,1-2H3,(H,21,23). The summed E-state index contributed by atoms with van der Waals surface area (Å²) in [5, 5.41) is 2.71. The summed E-state index contributed by atoms with van der Waals surface area (Å²) in [6.07, 6.45) is -0.0547. The molecule has 24 heavy (non-hydrogen) atoms. The van der Waals surface area contributed by atoms with Crippen molar-refractivity contribution in [2.45, 2.75) is 20.3 Å². The third kappa shape index (κ3) is 4.41. The van der Waals surface area contributed by atoms with Gasteiger partial charge in [0.2, 0.25) is 5.91 Å². The van der Waals surface area contributed by atoms with Crippen molar-refractivity contribution in [1.29, 1.82) is 0 Å². The molecule has 0 heterocycles. The van der Waals surface area contributed by atoms with Crippen molar-refractivity contribution in [3.63, 3.8) is 0 Å². The molecule has 0 aromatic heterocycles. The average molecular weight is 328 g/mol. The summed E-state index contributed by atoms with van der Waals surface area (Å²) in [7, 11) is 0. The van der Waals surface area contributed by atoms with Gasteiger partial charge in [-0.25, -0.2) is 4.39 Å². The van der Waals surface area contributed by atoms with E-state index < -0.39 is 5.82 Å². The van der Waals surface area contributed by atoms with Crippen LogP contribution in [0.15, 0.2) is 48.5 Å². The maximum Gasteiger partial charge on any atom is 0.253 e. The molecule has 0 aliphatic rings. The molecule has 0 bridgehead atoms. The Morgan fingerprint density at radius 2 is 1.75 bits per heavy atom. The number of benzene rings is 2. The van der Waals surface area contributed by atoms with Crippen molar-refractivity contribution < 1.29 is 14.0 Å². The monoisotopic (exact) mass is 328 g/mol. The molecule has 5 heteroatoms. The first-order valence-electron chi connectivity index (χ1n) is 7.97. The highest BCUT2D eigenvalue weighted by molar-refractivity contribution is 5.97. The third-order valence-corrected chi connectivity index (χ3v) is 3.75. The molecule has 0 fully saturated rings. The molecule has 0 unspecified atom stereocenters. The van der Waals surface area contributed by atoms with Crippen LogP contribution < -0.4 is 5.32 Å². The maximum absolute atomic E-state index is 13.6. The topological polar surface area (TPSA) is 49.4 Å². The SMILES string of the molecule is CCN(CC)C(=O)c1cccc(NC(=O)Cc2ccccc2F)c1. The minimum absolute atomic E-state index is 0.0547. The van der Waals surface area contributed by atoms with E-state index in [-0.39, 0.29) is 18.2 Å². The van der Waals surface area contributed by atoms with Gasteiger partial charge in [-0.15, -0.1) is 0 Å². The first kappa shape index (κ1) is 17.7. The molecule has 2 aromatic carbocycles. The Labute approximate surface area is 141 Å². The summed E-state index contributed by atoms with van der Waals surface area (Å²) in [6.45, 7) is 5.08. The fraction of sp³-hybridized carbons (Fsp3) is 0.263. The van der Waals surface area contributed by atoms with Crippen LogP contribution in [-0.4, -0.2) is 29.8 Å². The molecule has 0 atom stereocenters. The van der Waals surface area contributed by atoms with Crippen molar-refractivity contribution in [1.82, 2.24) is 4.90 Å². The minimum Gasteiger partial charge on any atom is -0.339 e. The lowest BCUT2D eigenvalue weighted by Gasteiger charge is -2.19. The molecule has 2 aromatic rings. The van der Waals surface area contributed by atoms with E-state index in [9.17, 15) is 14.0 Å². The summed E-state index contributed by atoms with van der Waals surface area (Å²) in [4.78, 5) is 26.1. The van der Waals surface area contributed by atoms with E-state index in [2.05, 4.69) is 5.32 Å². The van der Waals surface area contributed by atoms with Gasteiger partial charge in [-0.2, -0.15) is 0 Å². The van der Waals surface area contributed by atoms with Crippen LogP contribution in [0.5, 0.6) is 0 Å². The molecule has 0 saturated carbocycles. The smallest absolute Gasteiger partial charge is 0.253 e. The number of carbonyl (C=O) groups excluding carboxylic acids is 2. The number of hydrogen-bond donors (Lipinski definition) is 1. The Balaban J connectivity index is 2.08. The number of amides is 2. The third-order valence-electron chi connectivity index (χ3n) is 3.75. The van der Waals surface area contributed by atoms with E-state index in [0.29, 0.717) is 29.9 Å². The quantitative estimate of drug-likeness (QED) is 0.882. The molecule has 126 valence electrons. The van der Waals surface area contributed by atoms with Gasteiger partial charge in [0.1, 0.15) is 5.82 Å². The second-order valence-electron chi connectivity index (χ2n) is 5.37. The lowest BCUT2D eigenvalue weighted by Crippen LogP contribution is -2.30. The van der Waals surface area contributed by atoms with E-state index in [0.717, 1.165) is 0 Å². The highest BCUT2D eigenvalue weighted by Crippen LogP contribution is 2.14. The van der Waals surface area contributed by atoms with E-state index in [4.69, 9.17) is 0 Å². The van der Waals surface area contributed by atoms with Gasteiger partial charge in [0.15, 0.2) is 0 Å². The maximum atomic E-state index is 13.6. The van der Waals surface area contributed by atoms with E-state index in [1.54, 1.807) is 47.4 Å². The second kappa shape index (κ2) is 8.24. The number of carbonyl (C=O) groups is 2. The molecule has 0 aliphatic carbocycles. The number of anilines is 1. The highest BCUT2D eigenvalue weighted by atomic mass is 19.1. The first-order valence-corrected chi connectivity index (χ1v) is 7.97. The van der Waals surface area contributed by atoms with Gasteiger partial charge in [0, 0.05) is 24.3 Å². The molecule has 2 rings (SSSR count). The van der Waals surface area contributed by atoms with Crippen LogP contribution in [0.25, 0.3) is 0 Å². The van der Waals surface area contributed by atoms with E-state index in [1.165, 1.54) is 6.07 Å². The van der Waals surface area contributed by atoms with Gasteiger partial charge in [-0.05, 0) is 43.7 Å². The zero-order valence-corrected chi connectivity index (χ0v) is 13.9. The fourth-order valence-electron chi connectivity index (χ4n) is 2.44. The lowest BCUT2D eigenvalue weighted by atomic mass is 10.1. The Kier molecular flexibility index (Phi) is 6.07. The first-order chi connectivity index (χ1) is 11.5. The summed E-state index contributed by atoms with van der Waals surface area (Å²) in [5.41, 5.74) is 1.38. The Morgan fingerprint density at radius 3 is 2.42 bits per heavy atom. The van der Waals surface area contributed by atoms with Gasteiger partial charge >= 0.3 is 0 Å². The molecule has 1 N–H and O–H groups in total. The Hall–Kier alpha value is -2.69. The number of nitrogens with one attached hydrogen (secondary N) is 1. The van der Waals surface area contributed by atoms with Crippen LogP contribution in [-0.2, 0) is 11.2 Å². The molecule has 2 amide bonds. The minimum atomic E-state index is -0.405. The molecule has 0 spiro atoms. The van der Waals surface area contributed by atoms with Crippen LogP contribution in [0.4, 0.5) is 10.1 Å².